The van der Waals surface area contributed by atoms with Gasteiger partial charge in [0, 0.05) is 22.2 Å². The Hall–Kier alpha value is -2.53. The maximum absolute atomic E-state index is 13.8. The lowest BCUT2D eigenvalue weighted by Crippen LogP contribution is -2.15. The van der Waals surface area contributed by atoms with Gasteiger partial charge in [-0.3, -0.25) is 0 Å². The van der Waals surface area contributed by atoms with E-state index in [-0.39, 0.29) is 5.82 Å². The lowest BCUT2D eigenvalue weighted by atomic mass is 10.00. The highest BCUT2D eigenvalue weighted by Gasteiger charge is 2.17. The van der Waals surface area contributed by atoms with Crippen LogP contribution in [0.2, 0.25) is 0 Å². The van der Waals surface area contributed by atoms with Gasteiger partial charge in [0.05, 0.1) is 0 Å². The minimum Gasteiger partial charge on any atom is -0.486 e. The summed E-state index contributed by atoms with van der Waals surface area (Å²) in [6.45, 7) is 1.79. The van der Waals surface area contributed by atoms with Crippen LogP contribution >= 0.6 is 0 Å². The second-order valence-electron chi connectivity index (χ2n) is 6.27. The van der Waals surface area contributed by atoms with Crippen molar-refractivity contribution >= 4 is 10.9 Å². The quantitative estimate of drug-likeness (QED) is 0.690. The zero-order valence-corrected chi connectivity index (χ0v) is 14.0. The van der Waals surface area contributed by atoms with Crippen LogP contribution < -0.4 is 15.2 Å². The Kier molecular flexibility index (Phi) is 4.32. The van der Waals surface area contributed by atoms with Crippen molar-refractivity contribution in [1.29, 1.82) is 0 Å². The molecule has 2 aromatic carbocycles. The summed E-state index contributed by atoms with van der Waals surface area (Å²) >= 11 is 0. The van der Waals surface area contributed by atoms with E-state index in [1.807, 2.05) is 18.2 Å². The van der Waals surface area contributed by atoms with E-state index in [1.165, 1.54) is 6.07 Å². The fourth-order valence-corrected chi connectivity index (χ4v) is 3.37. The average Bonchev–Trinajstić information content (AvgIpc) is 2.99. The third kappa shape index (κ3) is 3.07. The summed E-state index contributed by atoms with van der Waals surface area (Å²) in [5.74, 6) is 1.30. The normalized spacial score (nSPS) is 13.4. The van der Waals surface area contributed by atoms with E-state index in [9.17, 15) is 4.39 Å². The van der Waals surface area contributed by atoms with Crippen LogP contribution in [0.3, 0.4) is 0 Å². The molecule has 0 aliphatic carbocycles. The van der Waals surface area contributed by atoms with Crippen LogP contribution in [0, 0.1) is 5.82 Å². The molecule has 0 atom stereocenters. The van der Waals surface area contributed by atoms with Crippen LogP contribution in [0.5, 0.6) is 11.5 Å². The second kappa shape index (κ2) is 6.76. The summed E-state index contributed by atoms with van der Waals surface area (Å²) in [5.41, 5.74) is 9.72. The second-order valence-corrected chi connectivity index (χ2v) is 6.27. The molecule has 4 nitrogen and oxygen atoms in total. The Morgan fingerprint density at radius 1 is 1.00 bits per heavy atom. The summed E-state index contributed by atoms with van der Waals surface area (Å²) in [4.78, 5) is 3.45. The number of hydrogen-bond acceptors (Lipinski definition) is 3. The zero-order chi connectivity index (χ0) is 17.2. The maximum Gasteiger partial charge on any atom is 0.162 e. The SMILES string of the molecule is NCCCCc1c(-c2ccc3c(c2)OCCO3)[nH]c2ccc(F)cc12. The summed E-state index contributed by atoms with van der Waals surface area (Å²) in [6, 6.07) is 10.8. The van der Waals surface area contributed by atoms with E-state index in [4.69, 9.17) is 15.2 Å². The fraction of sp³-hybridized carbons (Fsp3) is 0.300. The van der Waals surface area contributed by atoms with E-state index < -0.39 is 0 Å². The molecule has 0 radical (unpaired) electrons. The van der Waals surface area contributed by atoms with Crippen molar-refractivity contribution in [2.24, 2.45) is 5.73 Å². The van der Waals surface area contributed by atoms with Gasteiger partial charge in [-0.15, -0.1) is 0 Å². The molecular formula is C20H21FN2O2. The highest BCUT2D eigenvalue weighted by molar-refractivity contribution is 5.91. The summed E-state index contributed by atoms with van der Waals surface area (Å²) in [7, 11) is 0. The molecule has 0 spiro atoms. The third-order valence-corrected chi connectivity index (χ3v) is 4.58. The van der Waals surface area contributed by atoms with Crippen LogP contribution in [0.15, 0.2) is 36.4 Å². The molecule has 0 amide bonds. The lowest BCUT2D eigenvalue weighted by molar-refractivity contribution is 0.171. The molecule has 25 heavy (non-hydrogen) atoms. The largest absolute Gasteiger partial charge is 0.486 e. The monoisotopic (exact) mass is 340 g/mol. The molecule has 0 fully saturated rings. The molecule has 130 valence electrons. The number of halogens is 1. The van der Waals surface area contributed by atoms with Crippen LogP contribution in [-0.2, 0) is 6.42 Å². The van der Waals surface area contributed by atoms with Crippen LogP contribution in [0.4, 0.5) is 4.39 Å². The number of nitrogens with one attached hydrogen (secondary N) is 1. The van der Waals surface area contributed by atoms with Crippen molar-refractivity contribution in [3.8, 4) is 22.8 Å². The highest BCUT2D eigenvalue weighted by atomic mass is 19.1. The minimum atomic E-state index is -0.222. The standard InChI is InChI=1S/C20H21FN2O2/c21-14-5-6-17-16(12-14)15(3-1-2-8-22)20(23-17)13-4-7-18-19(11-13)25-10-9-24-18/h4-7,11-12,23H,1-3,8-10,22H2. The van der Waals surface area contributed by atoms with Gasteiger partial charge in [0.25, 0.3) is 0 Å². The molecule has 0 saturated heterocycles. The van der Waals surface area contributed by atoms with Gasteiger partial charge in [-0.05, 0) is 67.8 Å². The summed E-state index contributed by atoms with van der Waals surface area (Å²) < 4.78 is 25.1. The molecule has 3 aromatic rings. The Morgan fingerprint density at radius 3 is 2.68 bits per heavy atom. The number of benzene rings is 2. The number of fused-ring (bicyclic) bond motifs is 2. The van der Waals surface area contributed by atoms with Gasteiger partial charge in [-0.25, -0.2) is 4.39 Å². The van der Waals surface area contributed by atoms with Gasteiger partial charge in [-0.1, -0.05) is 0 Å². The highest BCUT2D eigenvalue weighted by Crippen LogP contribution is 2.38. The molecule has 0 bridgehead atoms. The number of hydrogen-bond donors (Lipinski definition) is 2. The molecule has 5 heteroatoms. The van der Waals surface area contributed by atoms with Crippen molar-refractivity contribution in [2.45, 2.75) is 19.3 Å². The first-order valence-corrected chi connectivity index (χ1v) is 8.66. The van der Waals surface area contributed by atoms with Crippen molar-refractivity contribution in [3.63, 3.8) is 0 Å². The van der Waals surface area contributed by atoms with E-state index in [0.29, 0.717) is 19.8 Å². The number of rotatable bonds is 5. The Bertz CT molecular complexity index is 904. The number of aryl methyl sites for hydroxylation is 1. The van der Waals surface area contributed by atoms with Crippen molar-refractivity contribution < 1.29 is 13.9 Å². The molecule has 4 rings (SSSR count). The fourth-order valence-electron chi connectivity index (χ4n) is 3.37. The molecule has 0 unspecified atom stereocenters. The predicted octanol–water partition coefficient (Wildman–Crippen LogP) is 4.03. The minimum absolute atomic E-state index is 0.222. The number of ether oxygens (including phenoxy) is 2. The lowest BCUT2D eigenvalue weighted by Gasteiger charge is -2.19. The Morgan fingerprint density at radius 2 is 1.84 bits per heavy atom. The number of H-pyrrole nitrogens is 1. The van der Waals surface area contributed by atoms with E-state index in [0.717, 1.165) is 58.5 Å². The van der Waals surface area contributed by atoms with E-state index >= 15 is 0 Å². The topological polar surface area (TPSA) is 60.3 Å². The first kappa shape index (κ1) is 16.0. The number of aromatic amines is 1. The van der Waals surface area contributed by atoms with Gasteiger partial charge >= 0.3 is 0 Å². The molecule has 1 aliphatic heterocycles. The Balaban J connectivity index is 1.81. The van der Waals surface area contributed by atoms with E-state index in [2.05, 4.69) is 4.98 Å². The van der Waals surface area contributed by atoms with Gasteiger partial charge in [0.15, 0.2) is 11.5 Å². The first-order chi connectivity index (χ1) is 12.3. The molecule has 0 saturated carbocycles. The zero-order valence-electron chi connectivity index (χ0n) is 14.0. The molecule has 3 N–H and O–H groups in total. The third-order valence-electron chi connectivity index (χ3n) is 4.58. The van der Waals surface area contributed by atoms with Crippen LogP contribution in [-0.4, -0.2) is 24.7 Å². The van der Waals surface area contributed by atoms with Crippen molar-refractivity contribution in [2.75, 3.05) is 19.8 Å². The molecule has 2 heterocycles. The number of unbranched alkanes of at least 4 members (excludes halogenated alkanes) is 1. The van der Waals surface area contributed by atoms with Gasteiger partial charge in [-0.2, -0.15) is 0 Å². The van der Waals surface area contributed by atoms with Crippen LogP contribution in [0.25, 0.3) is 22.2 Å². The smallest absolute Gasteiger partial charge is 0.162 e. The average molecular weight is 340 g/mol. The van der Waals surface area contributed by atoms with Crippen LogP contribution in [0.1, 0.15) is 18.4 Å². The van der Waals surface area contributed by atoms with Crippen molar-refractivity contribution in [3.05, 3.63) is 47.8 Å². The van der Waals surface area contributed by atoms with Crippen molar-refractivity contribution in [1.82, 2.24) is 4.98 Å². The Labute approximate surface area is 145 Å². The molecule has 1 aromatic heterocycles. The number of aromatic nitrogens is 1. The van der Waals surface area contributed by atoms with Gasteiger partial charge in [0.2, 0.25) is 0 Å². The molecule has 1 aliphatic rings. The number of nitrogens with two attached hydrogens (primary N) is 1. The predicted molar refractivity (Wildman–Crippen MR) is 96.7 cm³/mol. The van der Waals surface area contributed by atoms with Gasteiger partial charge in [0.1, 0.15) is 19.0 Å². The molecular weight excluding hydrogens is 319 g/mol. The maximum atomic E-state index is 13.8. The first-order valence-electron chi connectivity index (χ1n) is 8.66. The summed E-state index contributed by atoms with van der Waals surface area (Å²) in [5, 5.41) is 0.932. The van der Waals surface area contributed by atoms with E-state index in [1.54, 1.807) is 12.1 Å². The van der Waals surface area contributed by atoms with Gasteiger partial charge < -0.3 is 20.2 Å². The summed E-state index contributed by atoms with van der Waals surface area (Å²) in [6.07, 6.45) is 2.77.